The molecule has 7 nitrogen and oxygen atoms in total. The molecule has 3 aromatic heterocycles. The Kier molecular flexibility index (Phi) is 6.43. The van der Waals surface area contributed by atoms with Crippen molar-refractivity contribution in [2.45, 2.75) is 6.92 Å². The molecular weight excluding hydrogens is 524 g/mol. The Balaban J connectivity index is 1.69. The highest BCUT2D eigenvalue weighted by Gasteiger charge is 2.16. The Hall–Kier alpha value is -3.82. The lowest BCUT2D eigenvalue weighted by Gasteiger charge is -2.07. The van der Waals surface area contributed by atoms with Crippen molar-refractivity contribution in [1.82, 2.24) is 19.0 Å². The van der Waals surface area contributed by atoms with E-state index in [0.29, 0.717) is 10.5 Å². The number of aromatic nitrogens is 4. The zero-order valence-corrected chi connectivity index (χ0v) is 21.4. The number of benzene rings is 2. The van der Waals surface area contributed by atoms with Gasteiger partial charge in [-0.25, -0.2) is 14.4 Å². The summed E-state index contributed by atoms with van der Waals surface area (Å²) in [4.78, 5) is 23.1. The maximum atomic E-state index is 13.4. The molecule has 0 fully saturated rings. The van der Waals surface area contributed by atoms with Gasteiger partial charge in [-0.1, -0.05) is 52.3 Å². The molecule has 0 aliphatic carbocycles. The fraction of sp³-hybridized carbons (Fsp3) is 0.0769. The Morgan fingerprint density at radius 3 is 2.46 bits per heavy atom. The van der Waals surface area contributed by atoms with Crippen LogP contribution in [0, 0.1) is 6.92 Å². The van der Waals surface area contributed by atoms with Crippen molar-refractivity contribution in [3.63, 3.8) is 0 Å². The molecule has 35 heavy (non-hydrogen) atoms. The van der Waals surface area contributed by atoms with Gasteiger partial charge in [0.1, 0.15) is 0 Å². The SMILES string of the molecule is Cc1c(N=c2scc(-c3ccc(Br)cc3)n2N=Cc2ccccn2)c(=O)n(-c2ccccc2)n1C. The van der Waals surface area contributed by atoms with Crippen LogP contribution in [-0.2, 0) is 7.05 Å². The van der Waals surface area contributed by atoms with Crippen LogP contribution in [0.4, 0.5) is 5.69 Å². The van der Waals surface area contributed by atoms with Crippen molar-refractivity contribution >= 4 is 39.2 Å². The van der Waals surface area contributed by atoms with Gasteiger partial charge in [-0.15, -0.1) is 11.3 Å². The molecule has 0 saturated carbocycles. The summed E-state index contributed by atoms with van der Waals surface area (Å²) in [5.74, 6) is 0. The summed E-state index contributed by atoms with van der Waals surface area (Å²) in [6.45, 7) is 1.89. The van der Waals surface area contributed by atoms with Gasteiger partial charge in [-0.05, 0) is 43.3 Å². The fourth-order valence-corrected chi connectivity index (χ4v) is 4.76. The van der Waals surface area contributed by atoms with Crippen LogP contribution < -0.4 is 10.4 Å². The Morgan fingerprint density at radius 1 is 1.00 bits per heavy atom. The molecule has 0 aliphatic rings. The second kappa shape index (κ2) is 9.81. The van der Waals surface area contributed by atoms with Crippen LogP contribution >= 0.6 is 27.3 Å². The van der Waals surface area contributed by atoms with Crippen LogP contribution in [0.3, 0.4) is 0 Å². The van der Waals surface area contributed by atoms with Crippen LogP contribution in [-0.4, -0.2) is 25.2 Å². The second-order valence-corrected chi connectivity index (χ2v) is 9.50. The molecule has 0 N–H and O–H groups in total. The maximum absolute atomic E-state index is 13.4. The minimum atomic E-state index is -0.185. The molecular formula is C26H21BrN6OS. The predicted molar refractivity (Wildman–Crippen MR) is 144 cm³/mol. The van der Waals surface area contributed by atoms with Crippen molar-refractivity contribution < 1.29 is 0 Å². The standard InChI is InChI=1S/C26H21BrN6OS/c1-18-24(25(34)33(31(18)2)22-9-4-3-5-10-22)30-26-32(29-16-21-8-6-7-15-28-21)23(17-35-26)19-11-13-20(27)14-12-19/h3-17H,1-2H3. The van der Waals surface area contributed by atoms with Gasteiger partial charge in [0.15, 0.2) is 5.69 Å². The second-order valence-electron chi connectivity index (χ2n) is 7.74. The quantitative estimate of drug-likeness (QED) is 0.282. The van der Waals surface area contributed by atoms with Crippen molar-refractivity contribution in [2.75, 3.05) is 0 Å². The molecule has 5 rings (SSSR count). The van der Waals surface area contributed by atoms with E-state index < -0.39 is 0 Å². The zero-order chi connectivity index (χ0) is 24.4. The summed E-state index contributed by atoms with van der Waals surface area (Å²) in [7, 11) is 1.86. The number of rotatable bonds is 5. The fourth-order valence-electron chi connectivity index (χ4n) is 3.66. The predicted octanol–water partition coefficient (Wildman–Crippen LogP) is 5.29. The number of thiazole rings is 1. The number of hydrogen-bond acceptors (Lipinski definition) is 5. The molecule has 0 saturated heterocycles. The van der Waals surface area contributed by atoms with Crippen LogP contribution in [0.1, 0.15) is 11.4 Å². The molecule has 0 radical (unpaired) electrons. The molecule has 0 unspecified atom stereocenters. The largest absolute Gasteiger partial charge is 0.297 e. The molecule has 0 bridgehead atoms. The van der Waals surface area contributed by atoms with E-state index >= 15 is 0 Å². The van der Waals surface area contributed by atoms with Gasteiger partial charge in [0.25, 0.3) is 5.56 Å². The lowest BCUT2D eigenvalue weighted by Crippen LogP contribution is -2.19. The highest BCUT2D eigenvalue weighted by Crippen LogP contribution is 2.23. The smallest absolute Gasteiger partial charge is 0.283 e. The molecule has 5 aromatic rings. The van der Waals surface area contributed by atoms with E-state index in [1.807, 2.05) is 96.8 Å². The Bertz CT molecular complexity index is 1630. The van der Waals surface area contributed by atoms with Gasteiger partial charge in [0, 0.05) is 28.7 Å². The monoisotopic (exact) mass is 544 g/mol. The maximum Gasteiger partial charge on any atom is 0.297 e. The summed E-state index contributed by atoms with van der Waals surface area (Å²) < 4.78 is 6.19. The third-order valence-electron chi connectivity index (χ3n) is 5.55. The summed E-state index contributed by atoms with van der Waals surface area (Å²) >= 11 is 4.92. The van der Waals surface area contributed by atoms with Crippen molar-refractivity contribution in [3.05, 3.63) is 115 Å². The average Bonchev–Trinajstić information content (AvgIpc) is 3.38. The molecule has 9 heteroatoms. The first-order chi connectivity index (χ1) is 17.0. The van der Waals surface area contributed by atoms with E-state index in [2.05, 4.69) is 20.9 Å². The molecule has 2 aromatic carbocycles. The number of nitrogens with zero attached hydrogens (tertiary/aromatic N) is 6. The highest BCUT2D eigenvalue weighted by molar-refractivity contribution is 9.10. The van der Waals surface area contributed by atoms with Gasteiger partial charge in [-0.2, -0.15) is 5.10 Å². The third kappa shape index (κ3) is 4.60. The van der Waals surface area contributed by atoms with E-state index in [1.54, 1.807) is 21.8 Å². The van der Waals surface area contributed by atoms with Crippen LogP contribution in [0.15, 0.2) is 104 Å². The lowest BCUT2D eigenvalue weighted by atomic mass is 10.2. The van der Waals surface area contributed by atoms with Gasteiger partial charge in [0.2, 0.25) is 4.80 Å². The minimum absolute atomic E-state index is 0.185. The van der Waals surface area contributed by atoms with Gasteiger partial charge in [-0.3, -0.25) is 14.5 Å². The number of hydrogen-bond donors (Lipinski definition) is 0. The number of pyridine rings is 1. The van der Waals surface area contributed by atoms with Crippen molar-refractivity contribution in [1.29, 1.82) is 0 Å². The van der Waals surface area contributed by atoms with E-state index in [0.717, 1.165) is 32.8 Å². The van der Waals surface area contributed by atoms with Crippen LogP contribution in [0.5, 0.6) is 0 Å². The topological polar surface area (TPSA) is 69.5 Å². The molecule has 174 valence electrons. The van der Waals surface area contributed by atoms with E-state index in [4.69, 9.17) is 10.1 Å². The minimum Gasteiger partial charge on any atom is -0.283 e. The first kappa shape index (κ1) is 22.9. The zero-order valence-electron chi connectivity index (χ0n) is 19.0. The summed E-state index contributed by atoms with van der Waals surface area (Å²) in [6, 6.07) is 23.2. The highest BCUT2D eigenvalue weighted by atomic mass is 79.9. The number of para-hydroxylation sites is 1. The van der Waals surface area contributed by atoms with Crippen LogP contribution in [0.2, 0.25) is 0 Å². The Labute approximate surface area is 214 Å². The molecule has 0 amide bonds. The summed E-state index contributed by atoms with van der Waals surface area (Å²) in [6.07, 6.45) is 3.41. The van der Waals surface area contributed by atoms with Gasteiger partial charge >= 0.3 is 0 Å². The van der Waals surface area contributed by atoms with Crippen molar-refractivity contribution in [3.8, 4) is 16.9 Å². The molecule has 0 atom stereocenters. The normalized spacial score (nSPS) is 12.0. The van der Waals surface area contributed by atoms with E-state index in [1.165, 1.54) is 11.3 Å². The lowest BCUT2D eigenvalue weighted by molar-refractivity contribution is 0.630. The summed E-state index contributed by atoms with van der Waals surface area (Å²) in [5.41, 5.74) is 4.31. The van der Waals surface area contributed by atoms with Crippen molar-refractivity contribution in [2.24, 2.45) is 17.1 Å². The Morgan fingerprint density at radius 2 is 1.74 bits per heavy atom. The van der Waals surface area contributed by atoms with Gasteiger partial charge in [0.05, 0.1) is 29.0 Å². The third-order valence-corrected chi connectivity index (χ3v) is 6.89. The first-order valence-electron chi connectivity index (χ1n) is 10.8. The van der Waals surface area contributed by atoms with E-state index in [9.17, 15) is 4.79 Å². The molecule has 0 aliphatic heterocycles. The molecule has 0 spiro atoms. The first-order valence-corrected chi connectivity index (χ1v) is 12.5. The molecule has 3 heterocycles. The van der Waals surface area contributed by atoms with Gasteiger partial charge < -0.3 is 0 Å². The average molecular weight is 545 g/mol. The van der Waals surface area contributed by atoms with Crippen LogP contribution in [0.25, 0.3) is 16.9 Å². The summed E-state index contributed by atoms with van der Waals surface area (Å²) in [5, 5.41) is 6.69. The number of halogens is 1. The van der Waals surface area contributed by atoms with E-state index in [-0.39, 0.29) is 5.56 Å².